The number of carbonyl (C=O) groups is 1. The van der Waals surface area contributed by atoms with Crippen LogP contribution in [0.2, 0.25) is 0 Å². The molecule has 0 saturated heterocycles. The van der Waals surface area contributed by atoms with E-state index in [9.17, 15) is 13.2 Å². The zero-order valence-corrected chi connectivity index (χ0v) is 18.4. The number of rotatable bonds is 8. The highest BCUT2D eigenvalue weighted by molar-refractivity contribution is 7.92. The van der Waals surface area contributed by atoms with Crippen LogP contribution in [0.1, 0.15) is 31.0 Å². The first-order valence-corrected chi connectivity index (χ1v) is 11.0. The lowest BCUT2D eigenvalue weighted by molar-refractivity contribution is -0.122. The highest BCUT2D eigenvalue weighted by Gasteiger charge is 2.30. The van der Waals surface area contributed by atoms with Gasteiger partial charge in [0.15, 0.2) is 0 Å². The van der Waals surface area contributed by atoms with E-state index in [0.717, 1.165) is 21.7 Å². The second-order valence-electron chi connectivity index (χ2n) is 6.91. The zero-order chi connectivity index (χ0) is 21.8. The number of nitrogens with one attached hydrogen (secondary N) is 1. The number of ether oxygens (including phenoxy) is 2. The Morgan fingerprint density at radius 1 is 1.07 bits per heavy atom. The maximum atomic E-state index is 12.9. The van der Waals surface area contributed by atoms with Crippen LogP contribution in [0.5, 0.6) is 11.5 Å². The summed E-state index contributed by atoms with van der Waals surface area (Å²) in [4.78, 5) is 12.9. The van der Waals surface area contributed by atoms with Gasteiger partial charge in [0.05, 0.1) is 32.2 Å². The van der Waals surface area contributed by atoms with Crippen LogP contribution in [-0.2, 0) is 14.8 Å². The molecule has 158 valence electrons. The van der Waals surface area contributed by atoms with E-state index >= 15 is 0 Å². The summed E-state index contributed by atoms with van der Waals surface area (Å²) in [6, 6.07) is 11.0. The Morgan fingerprint density at radius 2 is 1.76 bits per heavy atom. The Hall–Kier alpha value is -2.74. The predicted octanol–water partition coefficient (Wildman–Crippen LogP) is 3.04. The molecule has 1 N–H and O–H groups in total. The average molecular weight is 421 g/mol. The van der Waals surface area contributed by atoms with Gasteiger partial charge in [-0.1, -0.05) is 12.1 Å². The van der Waals surface area contributed by atoms with Gasteiger partial charge in [0, 0.05) is 5.56 Å². The molecule has 7 nitrogen and oxygen atoms in total. The molecule has 0 radical (unpaired) electrons. The SMILES string of the molecule is COc1ccc(OC)c([C@H](C)NC(=O)[C@H](C)N(c2cccc(C)c2)S(C)(=O)=O)c1. The van der Waals surface area contributed by atoms with E-state index in [1.165, 1.54) is 0 Å². The quantitative estimate of drug-likeness (QED) is 0.710. The molecule has 0 aromatic heterocycles. The molecule has 2 rings (SSSR count). The second kappa shape index (κ2) is 9.17. The summed E-state index contributed by atoms with van der Waals surface area (Å²) in [7, 11) is -0.570. The van der Waals surface area contributed by atoms with E-state index in [-0.39, 0.29) is 0 Å². The standard InChI is InChI=1S/C21H28N2O5S/c1-14-8-7-9-17(12-14)23(29(6,25)26)16(3)21(24)22-15(2)19-13-18(27-4)10-11-20(19)28-5/h7-13,15-16H,1-6H3,(H,22,24)/t15-,16-/m0/s1. The van der Waals surface area contributed by atoms with Crippen molar-refractivity contribution < 1.29 is 22.7 Å². The largest absolute Gasteiger partial charge is 0.497 e. The fraction of sp³-hybridized carbons (Fsp3) is 0.381. The van der Waals surface area contributed by atoms with Gasteiger partial charge in [-0.2, -0.15) is 0 Å². The molecule has 2 aromatic rings. The molecular formula is C21H28N2O5S. The van der Waals surface area contributed by atoms with Crippen LogP contribution in [0.15, 0.2) is 42.5 Å². The van der Waals surface area contributed by atoms with Crippen LogP contribution in [-0.4, -0.2) is 40.8 Å². The van der Waals surface area contributed by atoms with Gasteiger partial charge < -0.3 is 14.8 Å². The molecule has 0 aliphatic heterocycles. The molecule has 0 saturated carbocycles. The molecule has 0 bridgehead atoms. The van der Waals surface area contributed by atoms with E-state index in [1.54, 1.807) is 64.5 Å². The number of methoxy groups -OCH3 is 2. The normalized spacial score (nSPS) is 13.3. The van der Waals surface area contributed by atoms with Crippen molar-refractivity contribution in [3.63, 3.8) is 0 Å². The van der Waals surface area contributed by atoms with Crippen LogP contribution >= 0.6 is 0 Å². The topological polar surface area (TPSA) is 84.9 Å². The van der Waals surface area contributed by atoms with Gasteiger partial charge in [0.2, 0.25) is 15.9 Å². The molecule has 0 unspecified atom stereocenters. The lowest BCUT2D eigenvalue weighted by Crippen LogP contribution is -2.48. The molecule has 0 spiro atoms. The minimum atomic E-state index is -3.68. The number of aryl methyl sites for hydroxylation is 1. The van der Waals surface area contributed by atoms with Crippen molar-refractivity contribution >= 4 is 21.6 Å². The number of benzene rings is 2. The molecule has 0 fully saturated rings. The number of nitrogens with zero attached hydrogens (tertiary/aromatic N) is 1. The Morgan fingerprint density at radius 3 is 2.31 bits per heavy atom. The van der Waals surface area contributed by atoms with Gasteiger partial charge in [-0.15, -0.1) is 0 Å². The first kappa shape index (κ1) is 22.5. The number of anilines is 1. The Bertz CT molecular complexity index is 975. The van der Waals surface area contributed by atoms with Crippen molar-refractivity contribution in [3.05, 3.63) is 53.6 Å². The first-order chi connectivity index (χ1) is 13.6. The second-order valence-corrected chi connectivity index (χ2v) is 8.77. The summed E-state index contributed by atoms with van der Waals surface area (Å²) in [5.74, 6) is 0.812. The molecule has 2 atom stereocenters. The number of sulfonamides is 1. The minimum absolute atomic E-state index is 0.422. The number of hydrogen-bond donors (Lipinski definition) is 1. The van der Waals surface area contributed by atoms with Gasteiger partial charge in [-0.05, 0) is 56.7 Å². The van der Waals surface area contributed by atoms with Crippen molar-refractivity contribution in [2.45, 2.75) is 32.9 Å². The van der Waals surface area contributed by atoms with Crippen LogP contribution < -0.4 is 19.1 Å². The molecule has 29 heavy (non-hydrogen) atoms. The van der Waals surface area contributed by atoms with Gasteiger partial charge in [0.25, 0.3) is 0 Å². The van der Waals surface area contributed by atoms with E-state index in [2.05, 4.69) is 5.32 Å². The Balaban J connectivity index is 2.30. The summed E-state index contributed by atoms with van der Waals surface area (Å²) in [5, 5.41) is 2.88. The summed E-state index contributed by atoms with van der Waals surface area (Å²) in [5.41, 5.74) is 2.08. The average Bonchev–Trinajstić information content (AvgIpc) is 2.66. The molecule has 1 amide bonds. The van der Waals surface area contributed by atoms with E-state index in [4.69, 9.17) is 9.47 Å². The smallest absolute Gasteiger partial charge is 0.244 e. The zero-order valence-electron chi connectivity index (χ0n) is 17.6. The molecular weight excluding hydrogens is 392 g/mol. The van der Waals surface area contributed by atoms with Crippen LogP contribution in [0, 0.1) is 6.92 Å². The Labute approximate surface area is 172 Å². The van der Waals surface area contributed by atoms with E-state index < -0.39 is 28.0 Å². The van der Waals surface area contributed by atoms with Crippen molar-refractivity contribution in [2.75, 3.05) is 24.8 Å². The van der Waals surface area contributed by atoms with E-state index in [1.807, 2.05) is 13.0 Å². The summed E-state index contributed by atoms with van der Waals surface area (Å²) in [6.45, 7) is 5.24. The van der Waals surface area contributed by atoms with E-state index in [0.29, 0.717) is 17.2 Å². The fourth-order valence-corrected chi connectivity index (χ4v) is 4.33. The third kappa shape index (κ3) is 5.41. The fourth-order valence-electron chi connectivity index (χ4n) is 3.16. The first-order valence-electron chi connectivity index (χ1n) is 9.16. The molecule has 0 aliphatic carbocycles. The molecule has 2 aromatic carbocycles. The van der Waals surface area contributed by atoms with Crippen LogP contribution in [0.4, 0.5) is 5.69 Å². The Kier molecular flexibility index (Phi) is 7.13. The van der Waals surface area contributed by atoms with Gasteiger partial charge >= 0.3 is 0 Å². The van der Waals surface area contributed by atoms with Crippen molar-refractivity contribution in [3.8, 4) is 11.5 Å². The molecule has 0 heterocycles. The molecule has 0 aliphatic rings. The number of amides is 1. The molecule has 8 heteroatoms. The lowest BCUT2D eigenvalue weighted by Gasteiger charge is -2.29. The highest BCUT2D eigenvalue weighted by atomic mass is 32.2. The third-order valence-electron chi connectivity index (χ3n) is 4.61. The summed E-state index contributed by atoms with van der Waals surface area (Å²) in [6.07, 6.45) is 1.09. The van der Waals surface area contributed by atoms with Crippen molar-refractivity contribution in [1.29, 1.82) is 0 Å². The summed E-state index contributed by atoms with van der Waals surface area (Å²) >= 11 is 0. The van der Waals surface area contributed by atoms with Crippen molar-refractivity contribution in [1.82, 2.24) is 5.32 Å². The van der Waals surface area contributed by atoms with Crippen molar-refractivity contribution in [2.24, 2.45) is 0 Å². The summed E-state index contributed by atoms with van der Waals surface area (Å²) < 4.78 is 36.6. The van der Waals surface area contributed by atoms with Gasteiger partial charge in [-0.25, -0.2) is 8.42 Å². The van der Waals surface area contributed by atoms with Gasteiger partial charge in [-0.3, -0.25) is 9.10 Å². The maximum absolute atomic E-state index is 12.9. The van der Waals surface area contributed by atoms with Crippen LogP contribution in [0.3, 0.4) is 0 Å². The highest BCUT2D eigenvalue weighted by Crippen LogP contribution is 2.29. The number of carbonyl (C=O) groups excluding carboxylic acids is 1. The monoisotopic (exact) mass is 420 g/mol. The maximum Gasteiger partial charge on any atom is 0.244 e. The number of hydrogen-bond acceptors (Lipinski definition) is 5. The minimum Gasteiger partial charge on any atom is -0.497 e. The third-order valence-corrected chi connectivity index (χ3v) is 5.85. The predicted molar refractivity (Wildman–Crippen MR) is 114 cm³/mol. The van der Waals surface area contributed by atoms with Crippen LogP contribution in [0.25, 0.3) is 0 Å². The van der Waals surface area contributed by atoms with Gasteiger partial charge in [0.1, 0.15) is 17.5 Å². The lowest BCUT2D eigenvalue weighted by atomic mass is 10.1.